The van der Waals surface area contributed by atoms with Gasteiger partial charge >= 0.3 is 0 Å². The summed E-state index contributed by atoms with van der Waals surface area (Å²) < 4.78 is 6.49. The normalized spacial score (nSPS) is 18.6. The third kappa shape index (κ3) is 4.56. The third-order valence-electron chi connectivity index (χ3n) is 4.74. The van der Waals surface area contributed by atoms with Gasteiger partial charge in [0.15, 0.2) is 0 Å². The van der Waals surface area contributed by atoms with E-state index in [-0.39, 0.29) is 17.5 Å². The standard InChI is InChI=1S/C17H26N4O3/c1-24-9-6-16(22)19-14-4-7-20(8-5-14)15-10-17(23)21(18-11-15)12-13-2-3-13/h10-11,13-14H,2-9,12H2,1H3,(H,19,22). The number of carbonyl (C=O) groups excluding carboxylic acids is 1. The van der Waals surface area contributed by atoms with Gasteiger partial charge in [0.1, 0.15) is 0 Å². The largest absolute Gasteiger partial charge is 0.384 e. The zero-order valence-electron chi connectivity index (χ0n) is 14.2. The van der Waals surface area contributed by atoms with E-state index in [0.717, 1.165) is 38.2 Å². The van der Waals surface area contributed by atoms with Crippen molar-refractivity contribution in [1.82, 2.24) is 15.1 Å². The Hall–Kier alpha value is -1.89. The summed E-state index contributed by atoms with van der Waals surface area (Å²) in [7, 11) is 1.60. The van der Waals surface area contributed by atoms with Crippen LogP contribution >= 0.6 is 0 Å². The van der Waals surface area contributed by atoms with Crippen molar-refractivity contribution >= 4 is 11.6 Å². The van der Waals surface area contributed by atoms with Gasteiger partial charge in [-0.1, -0.05) is 0 Å². The average Bonchev–Trinajstić information content (AvgIpc) is 3.40. The van der Waals surface area contributed by atoms with Crippen molar-refractivity contribution in [2.24, 2.45) is 5.92 Å². The number of piperidine rings is 1. The second-order valence-electron chi connectivity index (χ2n) is 6.75. The molecule has 1 aliphatic heterocycles. The number of carbonyl (C=O) groups is 1. The van der Waals surface area contributed by atoms with Crippen LogP contribution in [0.15, 0.2) is 17.1 Å². The summed E-state index contributed by atoms with van der Waals surface area (Å²) in [5, 5.41) is 7.36. The topological polar surface area (TPSA) is 76.5 Å². The summed E-state index contributed by atoms with van der Waals surface area (Å²) in [6.07, 6.45) is 6.37. The van der Waals surface area contributed by atoms with Gasteiger partial charge in [0.25, 0.3) is 5.56 Å². The van der Waals surface area contributed by atoms with Crippen LogP contribution in [0.1, 0.15) is 32.1 Å². The van der Waals surface area contributed by atoms with Crippen LogP contribution in [0.2, 0.25) is 0 Å². The molecule has 24 heavy (non-hydrogen) atoms. The summed E-state index contributed by atoms with van der Waals surface area (Å²) >= 11 is 0. The molecule has 3 rings (SSSR count). The van der Waals surface area contributed by atoms with E-state index in [9.17, 15) is 9.59 Å². The predicted molar refractivity (Wildman–Crippen MR) is 91.1 cm³/mol. The third-order valence-corrected chi connectivity index (χ3v) is 4.74. The molecule has 1 amide bonds. The molecule has 0 radical (unpaired) electrons. The molecular formula is C17H26N4O3. The summed E-state index contributed by atoms with van der Waals surface area (Å²) in [5.74, 6) is 0.679. The average molecular weight is 334 g/mol. The Kier molecular flexibility index (Phi) is 5.50. The van der Waals surface area contributed by atoms with E-state index in [2.05, 4.69) is 15.3 Å². The molecule has 0 bridgehead atoms. The van der Waals surface area contributed by atoms with Crippen LogP contribution in [0.25, 0.3) is 0 Å². The van der Waals surface area contributed by atoms with Crippen molar-refractivity contribution in [2.45, 2.75) is 44.7 Å². The Morgan fingerprint density at radius 2 is 2.08 bits per heavy atom. The maximum Gasteiger partial charge on any atom is 0.268 e. The van der Waals surface area contributed by atoms with Crippen LogP contribution in [-0.2, 0) is 16.1 Å². The van der Waals surface area contributed by atoms with Crippen molar-refractivity contribution < 1.29 is 9.53 Å². The molecule has 1 N–H and O–H groups in total. The molecule has 2 aliphatic rings. The Balaban J connectivity index is 1.50. The number of nitrogens with zero attached hydrogens (tertiary/aromatic N) is 3. The Bertz CT molecular complexity index is 619. The number of hydrogen-bond acceptors (Lipinski definition) is 5. The molecule has 7 heteroatoms. The van der Waals surface area contributed by atoms with Crippen molar-refractivity contribution in [3.05, 3.63) is 22.6 Å². The highest BCUT2D eigenvalue weighted by Crippen LogP contribution is 2.29. The highest BCUT2D eigenvalue weighted by atomic mass is 16.5. The molecule has 0 atom stereocenters. The lowest BCUT2D eigenvalue weighted by Gasteiger charge is -2.33. The van der Waals surface area contributed by atoms with E-state index in [4.69, 9.17) is 4.74 Å². The zero-order chi connectivity index (χ0) is 16.9. The van der Waals surface area contributed by atoms with Gasteiger partial charge in [0, 0.05) is 45.3 Å². The number of hydrogen-bond donors (Lipinski definition) is 1. The first kappa shape index (κ1) is 17.0. The van der Waals surface area contributed by atoms with Crippen LogP contribution in [0.3, 0.4) is 0 Å². The molecule has 1 aliphatic carbocycles. The molecule has 0 aromatic carbocycles. The first-order chi connectivity index (χ1) is 11.7. The molecule has 1 saturated carbocycles. The fourth-order valence-electron chi connectivity index (χ4n) is 3.06. The fraction of sp³-hybridized carbons (Fsp3) is 0.706. The molecule has 1 saturated heterocycles. The van der Waals surface area contributed by atoms with Gasteiger partial charge in [-0.15, -0.1) is 0 Å². The predicted octanol–water partition coefficient (Wildman–Crippen LogP) is 0.775. The second-order valence-corrected chi connectivity index (χ2v) is 6.75. The lowest BCUT2D eigenvalue weighted by Crippen LogP contribution is -2.45. The monoisotopic (exact) mass is 334 g/mol. The van der Waals surface area contributed by atoms with Gasteiger partial charge in [-0.3, -0.25) is 9.59 Å². The van der Waals surface area contributed by atoms with E-state index in [1.807, 2.05) is 0 Å². The molecule has 2 fully saturated rings. The Labute approximate surface area is 142 Å². The summed E-state index contributed by atoms with van der Waals surface area (Å²) in [6.45, 7) is 2.84. The van der Waals surface area contributed by atoms with E-state index in [1.165, 1.54) is 12.8 Å². The SMILES string of the molecule is COCCC(=O)NC1CCN(c2cnn(CC3CC3)c(=O)c2)CC1. The number of amides is 1. The molecule has 1 aromatic heterocycles. The fourth-order valence-corrected chi connectivity index (χ4v) is 3.06. The van der Waals surface area contributed by atoms with E-state index in [1.54, 1.807) is 24.1 Å². The first-order valence-corrected chi connectivity index (χ1v) is 8.76. The van der Waals surface area contributed by atoms with E-state index < -0.39 is 0 Å². The first-order valence-electron chi connectivity index (χ1n) is 8.76. The smallest absolute Gasteiger partial charge is 0.268 e. The van der Waals surface area contributed by atoms with Crippen LogP contribution in [-0.4, -0.2) is 48.5 Å². The van der Waals surface area contributed by atoms with Gasteiger partial charge in [-0.05, 0) is 31.6 Å². The summed E-state index contributed by atoms with van der Waals surface area (Å²) in [5.41, 5.74) is 0.866. The van der Waals surface area contributed by atoms with Gasteiger partial charge < -0.3 is 15.0 Å². The number of anilines is 1. The summed E-state index contributed by atoms with van der Waals surface area (Å²) in [6, 6.07) is 1.89. The van der Waals surface area contributed by atoms with Crippen molar-refractivity contribution in [1.29, 1.82) is 0 Å². The minimum atomic E-state index is -0.0191. The number of nitrogens with one attached hydrogen (secondary N) is 1. The Morgan fingerprint density at radius 1 is 1.33 bits per heavy atom. The Morgan fingerprint density at radius 3 is 2.71 bits per heavy atom. The van der Waals surface area contributed by atoms with Gasteiger partial charge in [-0.2, -0.15) is 5.10 Å². The molecular weight excluding hydrogens is 308 g/mol. The zero-order valence-corrected chi connectivity index (χ0v) is 14.2. The van der Waals surface area contributed by atoms with E-state index >= 15 is 0 Å². The maximum atomic E-state index is 12.2. The lowest BCUT2D eigenvalue weighted by molar-refractivity contribution is -0.122. The second kappa shape index (κ2) is 7.79. The summed E-state index contributed by atoms with van der Waals surface area (Å²) in [4.78, 5) is 26.1. The minimum absolute atomic E-state index is 0.0191. The highest BCUT2D eigenvalue weighted by molar-refractivity contribution is 5.76. The van der Waals surface area contributed by atoms with Crippen LogP contribution < -0.4 is 15.8 Å². The van der Waals surface area contributed by atoms with Gasteiger partial charge in [-0.25, -0.2) is 4.68 Å². The number of rotatable bonds is 7. The maximum absolute atomic E-state index is 12.2. The quantitative estimate of drug-likeness (QED) is 0.797. The van der Waals surface area contributed by atoms with Crippen LogP contribution in [0.5, 0.6) is 0 Å². The van der Waals surface area contributed by atoms with E-state index in [0.29, 0.717) is 18.9 Å². The molecule has 1 aromatic rings. The highest BCUT2D eigenvalue weighted by Gasteiger charge is 2.24. The lowest BCUT2D eigenvalue weighted by atomic mass is 10.0. The molecule has 2 heterocycles. The van der Waals surface area contributed by atoms with Crippen molar-refractivity contribution in [2.75, 3.05) is 31.7 Å². The number of ether oxygens (including phenoxy) is 1. The van der Waals surface area contributed by atoms with Crippen molar-refractivity contribution in [3.8, 4) is 0 Å². The minimum Gasteiger partial charge on any atom is -0.384 e. The molecule has 0 spiro atoms. The number of aromatic nitrogens is 2. The van der Waals surface area contributed by atoms with Crippen LogP contribution in [0, 0.1) is 5.92 Å². The van der Waals surface area contributed by atoms with Gasteiger partial charge in [0.05, 0.1) is 18.5 Å². The molecule has 132 valence electrons. The molecule has 0 unspecified atom stereocenters. The van der Waals surface area contributed by atoms with Crippen LogP contribution in [0.4, 0.5) is 5.69 Å². The van der Waals surface area contributed by atoms with Gasteiger partial charge in [0.2, 0.25) is 5.91 Å². The molecule has 7 nitrogen and oxygen atoms in total. The van der Waals surface area contributed by atoms with Crippen molar-refractivity contribution in [3.63, 3.8) is 0 Å². The number of methoxy groups -OCH3 is 1.